The Morgan fingerprint density at radius 2 is 1.20 bits per heavy atom. The largest absolute Gasteiger partial charge is 0.491 e. The fourth-order valence-corrected chi connectivity index (χ4v) is 4.03. The van der Waals surface area contributed by atoms with Crippen molar-refractivity contribution in [1.82, 2.24) is 0 Å². The summed E-state index contributed by atoms with van der Waals surface area (Å²) in [5.74, 6) is -2.03. The summed E-state index contributed by atoms with van der Waals surface area (Å²) in [7, 11) is 0. The number of rotatable bonds is 8. The Balaban J connectivity index is 1.41. The zero-order chi connectivity index (χ0) is 24.8. The first kappa shape index (κ1) is 24.3. The lowest BCUT2D eigenvalue weighted by atomic mass is 9.97. The maximum Gasteiger partial charge on any atom is 0.200 e. The SMILES string of the molecule is CCOc1ccc(CCc2ccc(-c3ccc(-c4ccc(/C=C(/C)F)cc4)cc3)cc2)c(F)c1F. The van der Waals surface area contributed by atoms with Gasteiger partial charge in [-0.15, -0.1) is 0 Å². The van der Waals surface area contributed by atoms with E-state index in [1.807, 2.05) is 48.5 Å². The topological polar surface area (TPSA) is 9.23 Å². The summed E-state index contributed by atoms with van der Waals surface area (Å²) in [5, 5.41) is 0. The van der Waals surface area contributed by atoms with Crippen molar-refractivity contribution < 1.29 is 17.9 Å². The van der Waals surface area contributed by atoms with E-state index in [2.05, 4.69) is 24.3 Å². The summed E-state index contributed by atoms with van der Waals surface area (Å²) in [6, 6.07) is 27.2. The van der Waals surface area contributed by atoms with Crippen LogP contribution in [0.3, 0.4) is 0 Å². The van der Waals surface area contributed by atoms with E-state index in [-0.39, 0.29) is 18.2 Å². The van der Waals surface area contributed by atoms with Crippen LogP contribution in [0.15, 0.2) is 90.8 Å². The summed E-state index contributed by atoms with van der Waals surface area (Å²) in [5.41, 5.74) is 6.55. The van der Waals surface area contributed by atoms with E-state index in [0.29, 0.717) is 18.4 Å². The molecule has 4 aromatic rings. The highest BCUT2D eigenvalue weighted by molar-refractivity contribution is 5.71. The third-order valence-corrected chi connectivity index (χ3v) is 5.89. The van der Waals surface area contributed by atoms with Gasteiger partial charge in [0.15, 0.2) is 11.6 Å². The van der Waals surface area contributed by atoms with Crippen molar-refractivity contribution in [2.75, 3.05) is 6.61 Å². The zero-order valence-corrected chi connectivity index (χ0v) is 19.8. The van der Waals surface area contributed by atoms with Gasteiger partial charge in [0.05, 0.1) is 12.4 Å². The predicted octanol–water partition coefficient (Wildman–Crippen LogP) is 8.81. The van der Waals surface area contributed by atoms with E-state index in [1.165, 1.54) is 19.1 Å². The first-order chi connectivity index (χ1) is 16.9. The average molecular weight is 473 g/mol. The van der Waals surface area contributed by atoms with Crippen molar-refractivity contribution in [3.8, 4) is 28.0 Å². The molecule has 0 amide bonds. The minimum absolute atomic E-state index is 0.0508. The molecule has 0 N–H and O–H groups in total. The third kappa shape index (κ3) is 6.02. The molecule has 0 saturated carbocycles. The summed E-state index contributed by atoms with van der Waals surface area (Å²) in [6.45, 7) is 3.45. The van der Waals surface area contributed by atoms with Gasteiger partial charge in [-0.3, -0.25) is 0 Å². The summed E-state index contributed by atoms with van der Waals surface area (Å²) in [6.07, 6.45) is 2.52. The van der Waals surface area contributed by atoms with Crippen LogP contribution in [-0.4, -0.2) is 6.61 Å². The van der Waals surface area contributed by atoms with E-state index in [9.17, 15) is 13.2 Å². The Bertz CT molecular complexity index is 1300. The highest BCUT2D eigenvalue weighted by Crippen LogP contribution is 2.27. The minimum Gasteiger partial charge on any atom is -0.491 e. The van der Waals surface area contributed by atoms with Gasteiger partial charge >= 0.3 is 0 Å². The second-order valence-electron chi connectivity index (χ2n) is 8.41. The maximum absolute atomic E-state index is 14.3. The fraction of sp³-hybridized carbons (Fsp3) is 0.161. The zero-order valence-electron chi connectivity index (χ0n) is 19.8. The lowest BCUT2D eigenvalue weighted by Crippen LogP contribution is -2.02. The highest BCUT2D eigenvalue weighted by Gasteiger charge is 2.14. The molecule has 0 heterocycles. The number of hydrogen-bond donors (Lipinski definition) is 0. The molecule has 0 atom stereocenters. The monoisotopic (exact) mass is 472 g/mol. The van der Waals surface area contributed by atoms with Crippen LogP contribution >= 0.6 is 0 Å². The van der Waals surface area contributed by atoms with E-state index in [1.54, 1.807) is 13.0 Å². The Morgan fingerprint density at radius 1 is 0.686 bits per heavy atom. The molecule has 0 unspecified atom stereocenters. The first-order valence-electron chi connectivity index (χ1n) is 11.7. The molecule has 4 rings (SSSR count). The molecule has 0 aliphatic carbocycles. The molecule has 35 heavy (non-hydrogen) atoms. The Morgan fingerprint density at radius 3 is 1.71 bits per heavy atom. The normalized spacial score (nSPS) is 11.5. The van der Waals surface area contributed by atoms with Gasteiger partial charge in [-0.25, -0.2) is 8.78 Å². The van der Waals surface area contributed by atoms with E-state index < -0.39 is 11.6 Å². The van der Waals surface area contributed by atoms with Crippen LogP contribution in [0.1, 0.15) is 30.5 Å². The summed E-state index contributed by atoms with van der Waals surface area (Å²) >= 11 is 0. The molecule has 178 valence electrons. The van der Waals surface area contributed by atoms with Crippen LogP contribution in [0.2, 0.25) is 0 Å². The van der Waals surface area contributed by atoms with Crippen molar-refractivity contribution in [1.29, 1.82) is 0 Å². The smallest absolute Gasteiger partial charge is 0.200 e. The molecule has 1 nitrogen and oxygen atoms in total. The standard InChI is InChI=1S/C31H27F3O/c1-3-35-29-19-18-28(30(33)31(29)34)13-6-22-4-9-24(10-5-22)26-14-16-27(17-15-26)25-11-7-23(8-12-25)20-21(2)32/h4-5,7-12,14-20H,3,6,13H2,1-2H3/b21-20-. The van der Waals surface area contributed by atoms with Gasteiger partial charge in [-0.05, 0) is 77.8 Å². The van der Waals surface area contributed by atoms with Crippen LogP contribution in [0.25, 0.3) is 28.3 Å². The summed E-state index contributed by atoms with van der Waals surface area (Å²) in [4.78, 5) is 0. The van der Waals surface area contributed by atoms with Gasteiger partial charge in [0.2, 0.25) is 5.82 Å². The van der Waals surface area contributed by atoms with Crippen LogP contribution in [0.5, 0.6) is 5.75 Å². The lowest BCUT2D eigenvalue weighted by Gasteiger charge is -2.10. The van der Waals surface area contributed by atoms with Gasteiger partial charge < -0.3 is 4.74 Å². The molecule has 0 fully saturated rings. The number of aryl methyl sites for hydroxylation is 2. The first-order valence-corrected chi connectivity index (χ1v) is 11.7. The highest BCUT2D eigenvalue weighted by atomic mass is 19.2. The van der Waals surface area contributed by atoms with Gasteiger partial charge in [-0.1, -0.05) is 78.9 Å². The van der Waals surface area contributed by atoms with E-state index >= 15 is 0 Å². The molecule has 4 aromatic carbocycles. The fourth-order valence-electron chi connectivity index (χ4n) is 4.03. The average Bonchev–Trinajstić information content (AvgIpc) is 2.87. The van der Waals surface area contributed by atoms with Crippen molar-refractivity contribution >= 4 is 6.08 Å². The number of allylic oxidation sites excluding steroid dienone is 1. The van der Waals surface area contributed by atoms with Crippen LogP contribution < -0.4 is 4.74 Å². The quantitative estimate of drug-likeness (QED) is 0.249. The molecule has 0 radical (unpaired) electrons. The van der Waals surface area contributed by atoms with Crippen molar-refractivity contribution in [2.24, 2.45) is 0 Å². The predicted molar refractivity (Wildman–Crippen MR) is 137 cm³/mol. The maximum atomic E-state index is 14.3. The summed E-state index contributed by atoms with van der Waals surface area (Å²) < 4.78 is 46.6. The minimum atomic E-state index is -0.925. The van der Waals surface area contributed by atoms with Gasteiger partial charge in [0.25, 0.3) is 0 Å². The number of halogens is 3. The number of benzene rings is 4. The van der Waals surface area contributed by atoms with Crippen molar-refractivity contribution in [3.05, 3.63) is 119 Å². The molecule has 0 aliphatic rings. The number of hydrogen-bond acceptors (Lipinski definition) is 1. The van der Waals surface area contributed by atoms with Crippen LogP contribution in [-0.2, 0) is 12.8 Å². The lowest BCUT2D eigenvalue weighted by molar-refractivity contribution is 0.313. The molecule has 0 spiro atoms. The molecular weight excluding hydrogens is 445 g/mol. The molecule has 0 bridgehead atoms. The van der Waals surface area contributed by atoms with Crippen LogP contribution in [0.4, 0.5) is 13.2 Å². The molecule has 0 aliphatic heterocycles. The number of ether oxygens (including phenoxy) is 1. The second-order valence-corrected chi connectivity index (χ2v) is 8.41. The van der Waals surface area contributed by atoms with Gasteiger partial charge in [0, 0.05) is 0 Å². The molecule has 4 heteroatoms. The molecule has 0 saturated heterocycles. The van der Waals surface area contributed by atoms with E-state index in [4.69, 9.17) is 4.74 Å². The van der Waals surface area contributed by atoms with Gasteiger partial charge in [-0.2, -0.15) is 4.39 Å². The Kier molecular flexibility index (Phi) is 7.71. The Labute approximate surface area is 204 Å². The molecule has 0 aromatic heterocycles. The van der Waals surface area contributed by atoms with Crippen molar-refractivity contribution in [3.63, 3.8) is 0 Å². The third-order valence-electron chi connectivity index (χ3n) is 5.89. The van der Waals surface area contributed by atoms with Gasteiger partial charge in [0.1, 0.15) is 0 Å². The van der Waals surface area contributed by atoms with E-state index in [0.717, 1.165) is 33.4 Å². The molecular formula is C31H27F3O. The van der Waals surface area contributed by atoms with Crippen molar-refractivity contribution in [2.45, 2.75) is 26.7 Å². The second kappa shape index (κ2) is 11.1. The van der Waals surface area contributed by atoms with Crippen LogP contribution in [0, 0.1) is 11.6 Å². The Hall–Kier alpha value is -3.79.